The van der Waals surface area contributed by atoms with Gasteiger partial charge < -0.3 is 35.7 Å². The van der Waals surface area contributed by atoms with Crippen LogP contribution in [0.1, 0.15) is 68.7 Å². The Hall–Kier alpha value is -5.49. The summed E-state index contributed by atoms with van der Waals surface area (Å²) < 4.78 is 45.0. The molecule has 6 N–H and O–H groups in total. The molecule has 0 saturated carbocycles. The number of hydrogen-bond acceptors (Lipinski definition) is 15. The van der Waals surface area contributed by atoms with Gasteiger partial charge in [-0.25, -0.2) is 17.7 Å². The summed E-state index contributed by atoms with van der Waals surface area (Å²) in [6, 6.07) is 8.66. The fraction of sp³-hybridized carbons (Fsp3) is 0.421. The van der Waals surface area contributed by atoms with Gasteiger partial charge in [-0.2, -0.15) is 4.98 Å². The van der Waals surface area contributed by atoms with Crippen molar-refractivity contribution in [2.45, 2.75) is 57.9 Å². The Morgan fingerprint density at radius 2 is 1.75 bits per heavy atom. The molecule has 0 radical (unpaired) electrons. The summed E-state index contributed by atoms with van der Waals surface area (Å²) in [7, 11) is -4.38. The number of halogens is 1. The first-order valence-electron chi connectivity index (χ1n) is 19.5. The summed E-state index contributed by atoms with van der Waals surface area (Å²) >= 11 is 3.43. The van der Waals surface area contributed by atoms with Crippen LogP contribution in [-0.2, 0) is 33.7 Å². The largest absolute Gasteiger partial charge is 0.490 e. The van der Waals surface area contributed by atoms with Crippen LogP contribution in [0.3, 0.4) is 0 Å². The molecule has 0 aliphatic carbocycles. The Kier molecular flexibility index (Phi) is 14.7. The number of ether oxygens (including phenoxy) is 1. The number of fused-ring (bicyclic) bond motifs is 1. The van der Waals surface area contributed by atoms with Gasteiger partial charge in [-0.15, -0.1) is 0 Å². The highest BCUT2D eigenvalue weighted by Crippen LogP contribution is 2.34. The summed E-state index contributed by atoms with van der Waals surface area (Å²) in [4.78, 5) is 84.4. The Morgan fingerprint density at radius 1 is 1.02 bits per heavy atom. The van der Waals surface area contributed by atoms with Crippen molar-refractivity contribution >= 4 is 86.0 Å². The van der Waals surface area contributed by atoms with Crippen molar-refractivity contribution in [2.75, 3.05) is 55.8 Å². The summed E-state index contributed by atoms with van der Waals surface area (Å²) in [6.45, 7) is 3.90. The number of nitrogens with one attached hydrogen (secondary N) is 4. The molecule has 2 aromatic carbocycles. The highest BCUT2D eigenvalue weighted by atomic mass is 79.9. The molecular weight excluding hydrogens is 881 g/mol. The first-order chi connectivity index (χ1) is 29.1. The van der Waals surface area contributed by atoms with Gasteiger partial charge in [0.1, 0.15) is 24.2 Å². The third-order valence-corrected chi connectivity index (χ3v) is 12.6. The SMILES string of the molecule is CB(OCCOc1cccc2c1C(=O)N(C1CCC(=O)NC1=O)C2=O)OCCC(=O)NCCS(=O)(=O)N1CCC(Nc2ncc(Br)c(Nc3cccc(C)c3C(N)=O)n2)CC1. The minimum Gasteiger partial charge on any atom is -0.490 e. The van der Waals surface area contributed by atoms with Crippen LogP contribution in [0.2, 0.25) is 6.82 Å². The zero-order valence-corrected chi connectivity index (χ0v) is 35.8. The van der Waals surface area contributed by atoms with Crippen molar-refractivity contribution in [3.8, 4) is 5.75 Å². The molecule has 4 heterocycles. The van der Waals surface area contributed by atoms with Gasteiger partial charge in [0.15, 0.2) is 0 Å². The minimum absolute atomic E-state index is 0.0000774. The summed E-state index contributed by atoms with van der Waals surface area (Å²) in [6.07, 6.45) is 2.58. The van der Waals surface area contributed by atoms with E-state index in [4.69, 9.17) is 19.8 Å². The van der Waals surface area contributed by atoms with Crippen LogP contribution in [0.4, 0.5) is 17.5 Å². The molecule has 3 aromatic rings. The van der Waals surface area contributed by atoms with E-state index in [0.717, 1.165) is 10.5 Å². The number of nitrogens with two attached hydrogens (primary N) is 1. The number of hydrogen-bond donors (Lipinski definition) is 5. The Labute approximate surface area is 360 Å². The van der Waals surface area contributed by atoms with Gasteiger partial charge in [-0.3, -0.25) is 39.0 Å². The number of imide groups is 2. The van der Waals surface area contributed by atoms with E-state index in [0.29, 0.717) is 40.3 Å². The van der Waals surface area contributed by atoms with Gasteiger partial charge in [-0.1, -0.05) is 18.2 Å². The number of piperidine rings is 2. The second-order valence-corrected chi connectivity index (χ2v) is 17.3. The topological polar surface area (TPSA) is 271 Å². The van der Waals surface area contributed by atoms with E-state index in [1.165, 1.54) is 16.4 Å². The molecule has 6 rings (SSSR count). The van der Waals surface area contributed by atoms with Crippen molar-refractivity contribution in [1.82, 2.24) is 29.8 Å². The van der Waals surface area contributed by atoms with Crippen LogP contribution in [0.5, 0.6) is 5.75 Å². The molecule has 20 nitrogen and oxygen atoms in total. The van der Waals surface area contributed by atoms with E-state index in [2.05, 4.69) is 47.2 Å². The first kappa shape index (κ1) is 45.1. The predicted octanol–water partition coefficient (Wildman–Crippen LogP) is 1.73. The van der Waals surface area contributed by atoms with Gasteiger partial charge in [0, 0.05) is 51.3 Å². The number of carbonyl (C=O) groups is 6. The van der Waals surface area contributed by atoms with E-state index in [-0.39, 0.29) is 87.4 Å². The summed E-state index contributed by atoms with van der Waals surface area (Å²) in [5.41, 5.74) is 7.28. The Bertz CT molecular complexity index is 2310. The quantitative estimate of drug-likeness (QED) is 0.0651. The maximum atomic E-state index is 13.2. The smallest absolute Gasteiger partial charge is 0.453 e. The lowest BCUT2D eigenvalue weighted by atomic mass is 9.95. The number of nitrogens with zero attached hydrogens (tertiary/aromatic N) is 4. The second-order valence-electron chi connectivity index (χ2n) is 14.4. The predicted molar refractivity (Wildman–Crippen MR) is 224 cm³/mol. The third kappa shape index (κ3) is 11.1. The van der Waals surface area contributed by atoms with Gasteiger partial charge >= 0.3 is 7.12 Å². The van der Waals surface area contributed by atoms with Gasteiger partial charge in [-0.05, 0) is 72.7 Å². The van der Waals surface area contributed by atoms with Crippen molar-refractivity contribution in [3.05, 3.63) is 69.3 Å². The number of anilines is 3. The van der Waals surface area contributed by atoms with Crippen molar-refractivity contribution in [2.24, 2.45) is 5.73 Å². The molecule has 1 aromatic heterocycles. The average molecular weight is 927 g/mol. The third-order valence-electron chi connectivity index (χ3n) is 10.2. The molecule has 2 saturated heterocycles. The van der Waals surface area contributed by atoms with Crippen LogP contribution >= 0.6 is 15.9 Å². The molecule has 0 spiro atoms. The maximum Gasteiger partial charge on any atom is 0.453 e. The standard InChI is InChI=1S/C38H45BBrN9O11S/c1-22-5-3-7-26(31(22)33(41)52)45-34-25(40)21-43-38(47-34)44-23-11-15-48(16-12-23)61(56,57)20-14-42-29(50)13-17-59-39(2)60-19-18-58-28-8-4-6-24-32(28)37(55)49(36(24)54)27-9-10-30(51)46-35(27)53/h3-8,21,23,27H,9-20H2,1-2H3,(H2,41,52)(H,42,50)(H,46,51,53)(H2,43,44,45,47). The van der Waals surface area contributed by atoms with Crippen molar-refractivity contribution < 1.29 is 51.2 Å². The fourth-order valence-electron chi connectivity index (χ4n) is 7.08. The first-order valence-corrected chi connectivity index (χ1v) is 21.9. The molecular formula is C38H45BBrN9O11S. The van der Waals surface area contributed by atoms with E-state index < -0.39 is 58.6 Å². The zero-order valence-electron chi connectivity index (χ0n) is 33.4. The number of primary amides is 1. The number of benzene rings is 2. The monoisotopic (exact) mass is 925 g/mol. The summed E-state index contributed by atoms with van der Waals surface area (Å²) in [5.74, 6) is -2.85. The molecule has 61 heavy (non-hydrogen) atoms. The number of amides is 6. The molecule has 0 bridgehead atoms. The maximum absolute atomic E-state index is 13.2. The molecule has 23 heteroatoms. The van der Waals surface area contributed by atoms with Crippen molar-refractivity contribution in [1.29, 1.82) is 0 Å². The number of sulfonamides is 1. The van der Waals surface area contributed by atoms with E-state index >= 15 is 0 Å². The molecule has 6 amide bonds. The number of aryl methyl sites for hydroxylation is 1. The van der Waals surface area contributed by atoms with Crippen LogP contribution < -0.4 is 31.7 Å². The van der Waals surface area contributed by atoms with E-state index in [1.54, 1.807) is 44.2 Å². The van der Waals surface area contributed by atoms with Gasteiger partial charge in [0.05, 0.1) is 39.2 Å². The lowest BCUT2D eigenvalue weighted by Crippen LogP contribution is -2.54. The minimum atomic E-state index is -3.65. The second kappa shape index (κ2) is 19.9. The van der Waals surface area contributed by atoms with Crippen LogP contribution in [-0.4, -0.2) is 127 Å². The van der Waals surface area contributed by atoms with Crippen LogP contribution in [0, 0.1) is 6.92 Å². The summed E-state index contributed by atoms with van der Waals surface area (Å²) in [5, 5.41) is 11.2. The normalized spacial score (nSPS) is 17.2. The molecule has 2 fully saturated rings. The molecule has 3 aliphatic heterocycles. The molecule has 1 unspecified atom stereocenters. The Balaban J connectivity index is 0.857. The van der Waals surface area contributed by atoms with Gasteiger partial charge in [0.2, 0.25) is 33.7 Å². The highest BCUT2D eigenvalue weighted by Gasteiger charge is 2.46. The van der Waals surface area contributed by atoms with E-state index in [1.807, 2.05) is 0 Å². The number of carbonyl (C=O) groups excluding carboxylic acids is 6. The lowest BCUT2D eigenvalue weighted by Gasteiger charge is -2.31. The highest BCUT2D eigenvalue weighted by molar-refractivity contribution is 9.10. The fourth-order valence-corrected chi connectivity index (χ4v) is 8.76. The number of rotatable bonds is 19. The van der Waals surface area contributed by atoms with Crippen molar-refractivity contribution in [3.63, 3.8) is 0 Å². The van der Waals surface area contributed by atoms with Crippen LogP contribution in [0.25, 0.3) is 0 Å². The Morgan fingerprint density at radius 3 is 2.49 bits per heavy atom. The number of aromatic nitrogens is 2. The van der Waals surface area contributed by atoms with Crippen LogP contribution in [0.15, 0.2) is 47.1 Å². The zero-order chi connectivity index (χ0) is 43.8. The molecule has 324 valence electrons. The molecule has 3 aliphatic rings. The molecule has 1 atom stereocenters. The lowest BCUT2D eigenvalue weighted by molar-refractivity contribution is -0.136. The average Bonchev–Trinajstić information content (AvgIpc) is 3.46. The van der Waals surface area contributed by atoms with E-state index in [9.17, 15) is 37.2 Å². The van der Waals surface area contributed by atoms with Gasteiger partial charge in [0.25, 0.3) is 17.7 Å².